The highest BCUT2D eigenvalue weighted by molar-refractivity contribution is 6.07. The Bertz CT molecular complexity index is 612. The summed E-state index contributed by atoms with van der Waals surface area (Å²) in [5, 5.41) is 2.97. The minimum atomic E-state index is -0.510. The van der Waals surface area contributed by atoms with Crippen LogP contribution in [-0.2, 0) is 15.0 Å². The van der Waals surface area contributed by atoms with E-state index in [0.29, 0.717) is 19.0 Å². The molecule has 2 amide bonds. The highest BCUT2D eigenvalue weighted by Crippen LogP contribution is 2.46. The second-order valence-electron chi connectivity index (χ2n) is 6.41. The summed E-state index contributed by atoms with van der Waals surface area (Å²) in [5.74, 6) is 1.01. The number of nitrogens with one attached hydrogen (secondary N) is 1. The second kappa shape index (κ2) is 3.84. The van der Waals surface area contributed by atoms with E-state index >= 15 is 0 Å². The van der Waals surface area contributed by atoms with Crippen LogP contribution >= 0.6 is 0 Å². The summed E-state index contributed by atoms with van der Waals surface area (Å²) in [6.45, 7) is 3.35. The van der Waals surface area contributed by atoms with E-state index in [1.165, 1.54) is 0 Å². The molecule has 1 spiro atoms. The number of hydrogen-bond donors (Lipinski definition) is 1. The predicted octanol–water partition coefficient (Wildman–Crippen LogP) is 1.76. The van der Waals surface area contributed by atoms with E-state index in [1.54, 1.807) is 0 Å². The maximum atomic E-state index is 12.4. The molecule has 1 saturated heterocycles. The van der Waals surface area contributed by atoms with Crippen LogP contribution in [0.2, 0.25) is 0 Å². The van der Waals surface area contributed by atoms with Gasteiger partial charge in [-0.15, -0.1) is 0 Å². The summed E-state index contributed by atoms with van der Waals surface area (Å²) in [6, 6.07) is 7.85. The van der Waals surface area contributed by atoms with Crippen molar-refractivity contribution in [2.75, 3.05) is 18.4 Å². The Hall–Kier alpha value is -1.84. The SMILES string of the molecule is C[C@@H]1C[C@H]1C(=O)N1CC[C@@]2(C1)C(=O)Nc1ccccc12. The van der Waals surface area contributed by atoms with Gasteiger partial charge in [-0.2, -0.15) is 0 Å². The molecule has 2 aliphatic heterocycles. The summed E-state index contributed by atoms with van der Waals surface area (Å²) < 4.78 is 0. The van der Waals surface area contributed by atoms with Crippen LogP contribution < -0.4 is 5.32 Å². The number of rotatable bonds is 1. The van der Waals surface area contributed by atoms with E-state index in [-0.39, 0.29) is 17.7 Å². The van der Waals surface area contributed by atoms with Gasteiger partial charge in [0.2, 0.25) is 11.8 Å². The van der Waals surface area contributed by atoms with Gasteiger partial charge in [0.25, 0.3) is 0 Å². The fourth-order valence-corrected chi connectivity index (χ4v) is 3.68. The van der Waals surface area contributed by atoms with Crippen molar-refractivity contribution in [1.82, 2.24) is 4.90 Å². The number of carbonyl (C=O) groups excluding carboxylic acids is 2. The molecule has 20 heavy (non-hydrogen) atoms. The molecular formula is C16H18N2O2. The third-order valence-electron chi connectivity index (χ3n) is 5.13. The molecule has 1 saturated carbocycles. The number of para-hydroxylation sites is 1. The number of amides is 2. The first kappa shape index (κ1) is 11.9. The summed E-state index contributed by atoms with van der Waals surface area (Å²) in [6.07, 6.45) is 1.74. The van der Waals surface area contributed by atoms with Crippen molar-refractivity contribution in [3.05, 3.63) is 29.8 Å². The van der Waals surface area contributed by atoms with Crippen LogP contribution in [0.4, 0.5) is 5.69 Å². The molecule has 0 bridgehead atoms. The molecule has 1 aromatic rings. The standard InChI is InChI=1S/C16H18N2O2/c1-10-8-11(10)14(19)18-7-6-16(9-18)12-4-2-3-5-13(12)17-15(16)20/h2-5,10-11H,6-9H2,1H3,(H,17,20)/t10-,11-,16+/m1/s1. The largest absolute Gasteiger partial charge is 0.341 e. The quantitative estimate of drug-likeness (QED) is 0.845. The fraction of sp³-hybridized carbons (Fsp3) is 0.500. The monoisotopic (exact) mass is 270 g/mol. The molecule has 1 N–H and O–H groups in total. The van der Waals surface area contributed by atoms with Crippen molar-refractivity contribution < 1.29 is 9.59 Å². The van der Waals surface area contributed by atoms with Gasteiger partial charge >= 0.3 is 0 Å². The smallest absolute Gasteiger partial charge is 0.236 e. The van der Waals surface area contributed by atoms with Crippen molar-refractivity contribution in [3.63, 3.8) is 0 Å². The maximum Gasteiger partial charge on any atom is 0.236 e. The number of hydrogen-bond acceptors (Lipinski definition) is 2. The van der Waals surface area contributed by atoms with Gasteiger partial charge in [-0.25, -0.2) is 0 Å². The number of carbonyl (C=O) groups is 2. The van der Waals surface area contributed by atoms with Gasteiger partial charge in [0.1, 0.15) is 0 Å². The predicted molar refractivity (Wildman–Crippen MR) is 75.2 cm³/mol. The number of benzene rings is 1. The molecule has 1 aliphatic carbocycles. The van der Waals surface area contributed by atoms with E-state index in [1.807, 2.05) is 29.2 Å². The molecule has 104 valence electrons. The highest BCUT2D eigenvalue weighted by Gasteiger charge is 2.53. The fourth-order valence-electron chi connectivity index (χ4n) is 3.68. The van der Waals surface area contributed by atoms with Gasteiger partial charge in [-0.1, -0.05) is 25.1 Å². The molecule has 3 aliphatic rings. The van der Waals surface area contributed by atoms with Gasteiger partial charge in [0.15, 0.2) is 0 Å². The summed E-state index contributed by atoms with van der Waals surface area (Å²) in [5.41, 5.74) is 1.46. The highest BCUT2D eigenvalue weighted by atomic mass is 16.2. The maximum absolute atomic E-state index is 12.4. The van der Waals surface area contributed by atoms with E-state index in [9.17, 15) is 9.59 Å². The molecule has 4 nitrogen and oxygen atoms in total. The normalized spacial score (nSPS) is 34.2. The third-order valence-corrected chi connectivity index (χ3v) is 5.13. The van der Waals surface area contributed by atoms with E-state index in [2.05, 4.69) is 12.2 Å². The van der Waals surface area contributed by atoms with Crippen molar-refractivity contribution in [2.24, 2.45) is 11.8 Å². The van der Waals surface area contributed by atoms with Gasteiger partial charge in [0.05, 0.1) is 5.41 Å². The molecule has 1 aromatic carbocycles. The van der Waals surface area contributed by atoms with Crippen LogP contribution in [0.25, 0.3) is 0 Å². The van der Waals surface area contributed by atoms with Crippen LogP contribution in [0.1, 0.15) is 25.3 Å². The summed E-state index contributed by atoms with van der Waals surface area (Å²) in [7, 11) is 0. The molecule has 0 radical (unpaired) electrons. The van der Waals surface area contributed by atoms with E-state index < -0.39 is 5.41 Å². The topological polar surface area (TPSA) is 49.4 Å². The molecule has 3 atom stereocenters. The molecule has 0 aromatic heterocycles. The first-order valence-electron chi connectivity index (χ1n) is 7.31. The lowest BCUT2D eigenvalue weighted by Crippen LogP contribution is -2.39. The lowest BCUT2D eigenvalue weighted by atomic mass is 9.81. The minimum Gasteiger partial charge on any atom is -0.341 e. The minimum absolute atomic E-state index is 0.0536. The Kier molecular flexibility index (Phi) is 2.29. The first-order valence-corrected chi connectivity index (χ1v) is 7.31. The van der Waals surface area contributed by atoms with Gasteiger partial charge < -0.3 is 10.2 Å². The summed E-state index contributed by atoms with van der Waals surface area (Å²) >= 11 is 0. The van der Waals surface area contributed by atoms with Gasteiger partial charge in [-0.3, -0.25) is 9.59 Å². The molecule has 2 fully saturated rings. The van der Waals surface area contributed by atoms with Crippen molar-refractivity contribution in [1.29, 1.82) is 0 Å². The van der Waals surface area contributed by atoms with Gasteiger partial charge in [-0.05, 0) is 30.4 Å². The van der Waals surface area contributed by atoms with Gasteiger partial charge in [0, 0.05) is 24.7 Å². The third kappa shape index (κ3) is 1.48. The molecular weight excluding hydrogens is 252 g/mol. The van der Waals surface area contributed by atoms with E-state index in [0.717, 1.165) is 24.1 Å². The zero-order valence-corrected chi connectivity index (χ0v) is 11.6. The Labute approximate surface area is 118 Å². The Morgan fingerprint density at radius 2 is 2.15 bits per heavy atom. The Morgan fingerprint density at radius 3 is 2.90 bits per heavy atom. The Balaban J connectivity index is 1.64. The van der Waals surface area contributed by atoms with Crippen molar-refractivity contribution >= 4 is 17.5 Å². The van der Waals surface area contributed by atoms with Crippen LogP contribution in [0.3, 0.4) is 0 Å². The lowest BCUT2D eigenvalue weighted by Gasteiger charge is -2.22. The van der Waals surface area contributed by atoms with E-state index in [4.69, 9.17) is 0 Å². The zero-order valence-electron chi connectivity index (χ0n) is 11.6. The lowest BCUT2D eigenvalue weighted by molar-refractivity contribution is -0.132. The first-order chi connectivity index (χ1) is 9.62. The number of likely N-dealkylation sites (tertiary alicyclic amines) is 1. The molecule has 2 heterocycles. The van der Waals surface area contributed by atoms with Crippen molar-refractivity contribution in [2.45, 2.75) is 25.2 Å². The number of nitrogens with zero attached hydrogens (tertiary/aromatic N) is 1. The zero-order chi connectivity index (χ0) is 13.9. The second-order valence-corrected chi connectivity index (χ2v) is 6.41. The number of fused-ring (bicyclic) bond motifs is 2. The number of anilines is 1. The molecule has 4 heteroatoms. The molecule has 0 unspecified atom stereocenters. The van der Waals surface area contributed by atoms with Crippen LogP contribution in [0, 0.1) is 11.8 Å². The van der Waals surface area contributed by atoms with Crippen LogP contribution in [0.5, 0.6) is 0 Å². The van der Waals surface area contributed by atoms with Crippen LogP contribution in [-0.4, -0.2) is 29.8 Å². The average molecular weight is 270 g/mol. The average Bonchev–Trinajstić information content (AvgIpc) is 2.92. The summed E-state index contributed by atoms with van der Waals surface area (Å²) in [4.78, 5) is 26.7. The Morgan fingerprint density at radius 1 is 1.40 bits per heavy atom. The van der Waals surface area contributed by atoms with Crippen molar-refractivity contribution in [3.8, 4) is 0 Å². The molecule has 4 rings (SSSR count). The van der Waals surface area contributed by atoms with Crippen LogP contribution in [0.15, 0.2) is 24.3 Å².